The zero-order valence-electron chi connectivity index (χ0n) is 13.3. The van der Waals surface area contributed by atoms with Crippen molar-refractivity contribution in [3.63, 3.8) is 0 Å². The molecule has 2 aromatic rings. The van der Waals surface area contributed by atoms with Gasteiger partial charge < -0.3 is 14.8 Å². The second kappa shape index (κ2) is 6.23. The molecule has 1 aliphatic heterocycles. The summed E-state index contributed by atoms with van der Waals surface area (Å²) < 4.78 is 2.02. The van der Waals surface area contributed by atoms with Gasteiger partial charge in [0.15, 0.2) is 0 Å². The van der Waals surface area contributed by atoms with Gasteiger partial charge in [0.1, 0.15) is 11.5 Å². The number of pyridine rings is 1. The molecule has 0 bridgehead atoms. The van der Waals surface area contributed by atoms with Gasteiger partial charge >= 0.3 is 0 Å². The lowest BCUT2D eigenvalue weighted by Gasteiger charge is -2.33. The van der Waals surface area contributed by atoms with Gasteiger partial charge in [-0.2, -0.15) is 0 Å². The molecule has 1 saturated heterocycles. The summed E-state index contributed by atoms with van der Waals surface area (Å²) in [5.41, 5.74) is 0.491. The third-order valence-corrected chi connectivity index (χ3v) is 4.18. The maximum atomic E-state index is 10.8. The van der Waals surface area contributed by atoms with E-state index in [9.17, 15) is 10.1 Å². The van der Waals surface area contributed by atoms with E-state index in [1.54, 1.807) is 13.0 Å². The van der Waals surface area contributed by atoms with Gasteiger partial charge in [0, 0.05) is 44.6 Å². The first-order chi connectivity index (χ1) is 11.0. The second-order valence-electron chi connectivity index (χ2n) is 5.80. The number of rotatable bonds is 4. The molecule has 23 heavy (non-hydrogen) atoms. The number of aromatic nitrogens is 3. The number of nitrogens with one attached hydrogen (secondary N) is 1. The van der Waals surface area contributed by atoms with Crippen molar-refractivity contribution in [3.05, 3.63) is 40.3 Å². The van der Waals surface area contributed by atoms with E-state index < -0.39 is 4.92 Å². The Balaban J connectivity index is 1.60. The molecule has 3 rings (SSSR count). The van der Waals surface area contributed by atoms with Crippen LogP contribution in [0.2, 0.25) is 0 Å². The smallest absolute Gasteiger partial charge is 0.290 e. The molecule has 0 spiro atoms. The highest BCUT2D eigenvalue weighted by Gasteiger charge is 2.22. The molecule has 3 heterocycles. The molecular weight excluding hydrogens is 296 g/mol. The van der Waals surface area contributed by atoms with E-state index in [1.165, 1.54) is 6.07 Å². The Hall–Kier alpha value is -2.64. The highest BCUT2D eigenvalue weighted by atomic mass is 16.6. The normalized spacial score (nSPS) is 15.7. The Bertz CT molecular complexity index is 706. The van der Waals surface area contributed by atoms with Gasteiger partial charge in [-0.3, -0.25) is 10.1 Å². The minimum absolute atomic E-state index is 0.0557. The fourth-order valence-electron chi connectivity index (χ4n) is 2.92. The monoisotopic (exact) mass is 316 g/mol. The van der Waals surface area contributed by atoms with Gasteiger partial charge in [0.2, 0.25) is 5.95 Å². The number of imidazole rings is 1. The van der Waals surface area contributed by atoms with Crippen LogP contribution in [0.5, 0.6) is 0 Å². The average Bonchev–Trinajstić information content (AvgIpc) is 2.94. The van der Waals surface area contributed by atoms with E-state index in [1.807, 2.05) is 24.0 Å². The van der Waals surface area contributed by atoms with Gasteiger partial charge in [-0.25, -0.2) is 9.97 Å². The third kappa shape index (κ3) is 3.25. The van der Waals surface area contributed by atoms with Crippen molar-refractivity contribution in [1.29, 1.82) is 0 Å². The highest BCUT2D eigenvalue weighted by molar-refractivity contribution is 5.45. The maximum Gasteiger partial charge on any atom is 0.290 e. The summed E-state index contributed by atoms with van der Waals surface area (Å²) in [5.74, 6) is 1.69. The van der Waals surface area contributed by atoms with Gasteiger partial charge in [0.05, 0.1) is 4.92 Å². The summed E-state index contributed by atoms with van der Waals surface area (Å²) in [4.78, 5) is 21.4. The van der Waals surface area contributed by atoms with E-state index >= 15 is 0 Å². The average molecular weight is 316 g/mol. The van der Waals surface area contributed by atoms with Crippen molar-refractivity contribution in [2.24, 2.45) is 7.05 Å². The van der Waals surface area contributed by atoms with Gasteiger partial charge in [-0.1, -0.05) is 0 Å². The van der Waals surface area contributed by atoms with Crippen molar-refractivity contribution in [2.75, 3.05) is 23.3 Å². The molecule has 0 radical (unpaired) electrons. The Kier molecular flexibility index (Phi) is 4.14. The molecule has 122 valence electrons. The molecule has 0 aromatic carbocycles. The van der Waals surface area contributed by atoms with Crippen LogP contribution in [-0.2, 0) is 7.05 Å². The summed E-state index contributed by atoms with van der Waals surface area (Å²) in [5, 5.41) is 14.2. The first kappa shape index (κ1) is 15.3. The minimum Gasteiger partial charge on any atom is -0.367 e. The van der Waals surface area contributed by atoms with Crippen molar-refractivity contribution in [2.45, 2.75) is 25.8 Å². The van der Waals surface area contributed by atoms with Crippen LogP contribution in [-0.4, -0.2) is 38.6 Å². The zero-order valence-corrected chi connectivity index (χ0v) is 13.3. The van der Waals surface area contributed by atoms with Crippen LogP contribution in [0.1, 0.15) is 18.5 Å². The fourth-order valence-corrected chi connectivity index (χ4v) is 2.92. The predicted octanol–water partition coefficient (Wildman–Crippen LogP) is 2.11. The molecule has 0 atom stereocenters. The standard InChI is InChI=1S/C15H20N6O2/c1-11-13(21(22)23)3-4-14(17-11)18-12-5-8-20(9-6-12)15-16-7-10-19(15)2/h3-4,7,10,12H,5-6,8-9H2,1-2H3,(H,17,18). The van der Waals surface area contributed by atoms with Gasteiger partial charge in [-0.15, -0.1) is 0 Å². The molecule has 1 aliphatic rings. The Morgan fingerprint density at radius 1 is 1.35 bits per heavy atom. The number of hydrogen-bond acceptors (Lipinski definition) is 6. The van der Waals surface area contributed by atoms with Crippen LogP contribution < -0.4 is 10.2 Å². The topological polar surface area (TPSA) is 89.1 Å². The van der Waals surface area contributed by atoms with Crippen molar-refractivity contribution in [1.82, 2.24) is 14.5 Å². The van der Waals surface area contributed by atoms with Crippen LogP contribution in [0, 0.1) is 17.0 Å². The van der Waals surface area contributed by atoms with Crippen LogP contribution in [0.3, 0.4) is 0 Å². The lowest BCUT2D eigenvalue weighted by molar-refractivity contribution is -0.385. The third-order valence-electron chi connectivity index (χ3n) is 4.18. The van der Waals surface area contributed by atoms with E-state index in [-0.39, 0.29) is 5.69 Å². The summed E-state index contributed by atoms with van der Waals surface area (Å²) in [7, 11) is 2.00. The van der Waals surface area contributed by atoms with Crippen molar-refractivity contribution >= 4 is 17.5 Å². The molecule has 1 fully saturated rings. The molecule has 8 nitrogen and oxygen atoms in total. The van der Waals surface area contributed by atoms with Crippen LogP contribution in [0.15, 0.2) is 24.5 Å². The highest BCUT2D eigenvalue weighted by Crippen LogP contribution is 2.22. The molecule has 1 N–H and O–H groups in total. The molecule has 2 aromatic heterocycles. The quantitative estimate of drug-likeness (QED) is 0.686. The first-order valence-corrected chi connectivity index (χ1v) is 7.65. The summed E-state index contributed by atoms with van der Waals surface area (Å²) in [6, 6.07) is 3.50. The zero-order chi connectivity index (χ0) is 16.4. The Morgan fingerprint density at radius 2 is 2.09 bits per heavy atom. The summed E-state index contributed by atoms with van der Waals surface area (Å²) in [6.07, 6.45) is 5.71. The predicted molar refractivity (Wildman–Crippen MR) is 87.7 cm³/mol. The fraction of sp³-hybridized carbons (Fsp3) is 0.467. The molecule has 8 heteroatoms. The maximum absolute atomic E-state index is 10.8. The largest absolute Gasteiger partial charge is 0.367 e. The second-order valence-corrected chi connectivity index (χ2v) is 5.80. The number of anilines is 2. The lowest BCUT2D eigenvalue weighted by Crippen LogP contribution is -2.40. The number of nitro groups is 1. The van der Waals surface area contributed by atoms with E-state index in [0.717, 1.165) is 31.9 Å². The SMILES string of the molecule is Cc1nc(NC2CCN(c3nccn3C)CC2)ccc1[N+](=O)[O-]. The minimum atomic E-state index is -0.405. The molecule has 0 saturated carbocycles. The number of aryl methyl sites for hydroxylation is 2. The van der Waals surface area contributed by atoms with Crippen LogP contribution >= 0.6 is 0 Å². The Morgan fingerprint density at radius 3 is 2.65 bits per heavy atom. The number of piperidine rings is 1. The van der Waals surface area contributed by atoms with E-state index in [0.29, 0.717) is 17.6 Å². The van der Waals surface area contributed by atoms with Crippen LogP contribution in [0.4, 0.5) is 17.5 Å². The molecule has 0 unspecified atom stereocenters. The number of nitrogens with zero attached hydrogens (tertiary/aromatic N) is 5. The van der Waals surface area contributed by atoms with Gasteiger partial charge in [0.25, 0.3) is 5.69 Å². The molecule has 0 amide bonds. The summed E-state index contributed by atoms with van der Waals surface area (Å²) in [6.45, 7) is 3.51. The van der Waals surface area contributed by atoms with Crippen molar-refractivity contribution in [3.8, 4) is 0 Å². The van der Waals surface area contributed by atoms with Gasteiger partial charge in [-0.05, 0) is 25.8 Å². The van der Waals surface area contributed by atoms with E-state index in [2.05, 4.69) is 20.2 Å². The summed E-state index contributed by atoms with van der Waals surface area (Å²) >= 11 is 0. The van der Waals surface area contributed by atoms with E-state index in [4.69, 9.17) is 0 Å². The molecular formula is C15H20N6O2. The van der Waals surface area contributed by atoms with Crippen molar-refractivity contribution < 1.29 is 4.92 Å². The Labute approximate surface area is 134 Å². The van der Waals surface area contributed by atoms with Crippen LogP contribution in [0.25, 0.3) is 0 Å². The number of hydrogen-bond donors (Lipinski definition) is 1. The molecule has 0 aliphatic carbocycles. The lowest BCUT2D eigenvalue weighted by atomic mass is 10.1. The first-order valence-electron chi connectivity index (χ1n) is 7.65.